The molecule has 0 unspecified atom stereocenters. The van der Waals surface area contributed by atoms with Crippen molar-refractivity contribution in [3.05, 3.63) is 45.5 Å². The number of anilines is 1. The number of nitro benzene ring substituents is 1. The third-order valence-corrected chi connectivity index (χ3v) is 3.40. The van der Waals surface area contributed by atoms with Crippen LogP contribution < -0.4 is 10.6 Å². The van der Waals surface area contributed by atoms with E-state index in [0.29, 0.717) is 6.54 Å². The van der Waals surface area contributed by atoms with Gasteiger partial charge in [0.15, 0.2) is 0 Å². The summed E-state index contributed by atoms with van der Waals surface area (Å²) < 4.78 is 25.9. The van der Waals surface area contributed by atoms with Crippen LogP contribution in [0.25, 0.3) is 0 Å². The SMILES string of the molecule is O=[N+]([O-])c1ccc(NCCC2=CCNCC2)c(C(F)F)c1. The molecule has 0 atom stereocenters. The largest absolute Gasteiger partial charge is 0.384 e. The van der Waals surface area contributed by atoms with E-state index in [-0.39, 0.29) is 16.9 Å². The first kappa shape index (κ1) is 15.4. The quantitative estimate of drug-likeness (QED) is 0.480. The van der Waals surface area contributed by atoms with E-state index in [9.17, 15) is 18.9 Å². The van der Waals surface area contributed by atoms with Crippen LogP contribution in [0.4, 0.5) is 20.2 Å². The molecule has 0 aliphatic carbocycles. The van der Waals surface area contributed by atoms with Crippen molar-refractivity contribution in [2.75, 3.05) is 25.0 Å². The number of nitrogens with one attached hydrogen (secondary N) is 2. The fourth-order valence-corrected chi connectivity index (χ4v) is 2.26. The van der Waals surface area contributed by atoms with Crippen molar-refractivity contribution in [3.63, 3.8) is 0 Å². The van der Waals surface area contributed by atoms with Crippen LogP contribution in [-0.2, 0) is 0 Å². The second-order valence-electron chi connectivity index (χ2n) is 4.82. The fraction of sp³-hybridized carbons (Fsp3) is 0.429. The minimum absolute atomic E-state index is 0.255. The molecule has 0 saturated heterocycles. The van der Waals surface area contributed by atoms with E-state index in [4.69, 9.17) is 0 Å². The monoisotopic (exact) mass is 297 g/mol. The Balaban J connectivity index is 2.01. The van der Waals surface area contributed by atoms with Crippen LogP contribution in [0.3, 0.4) is 0 Å². The maximum atomic E-state index is 13.0. The molecule has 21 heavy (non-hydrogen) atoms. The van der Waals surface area contributed by atoms with Crippen molar-refractivity contribution < 1.29 is 13.7 Å². The molecule has 0 saturated carbocycles. The van der Waals surface area contributed by atoms with Gasteiger partial charge in [0, 0.05) is 36.5 Å². The van der Waals surface area contributed by atoms with Crippen LogP contribution in [0.2, 0.25) is 0 Å². The number of alkyl halides is 2. The molecule has 5 nitrogen and oxygen atoms in total. The minimum atomic E-state index is -2.74. The van der Waals surface area contributed by atoms with Gasteiger partial charge in [-0.25, -0.2) is 8.78 Å². The first-order valence-corrected chi connectivity index (χ1v) is 6.77. The third-order valence-electron chi connectivity index (χ3n) is 3.40. The minimum Gasteiger partial charge on any atom is -0.384 e. The van der Waals surface area contributed by atoms with Gasteiger partial charge in [-0.15, -0.1) is 0 Å². The van der Waals surface area contributed by atoms with Gasteiger partial charge in [0.1, 0.15) is 0 Å². The second kappa shape index (κ2) is 7.12. The number of nitrogens with zero attached hydrogens (tertiary/aromatic N) is 1. The molecule has 0 fully saturated rings. The Labute approximate surface area is 121 Å². The van der Waals surface area contributed by atoms with Gasteiger partial charge in [-0.05, 0) is 25.5 Å². The van der Waals surface area contributed by atoms with Crippen LogP contribution in [0.1, 0.15) is 24.8 Å². The summed E-state index contributed by atoms with van der Waals surface area (Å²) in [6.45, 7) is 2.31. The van der Waals surface area contributed by atoms with Gasteiger partial charge in [0.05, 0.1) is 4.92 Å². The van der Waals surface area contributed by atoms with Crippen molar-refractivity contribution in [2.24, 2.45) is 0 Å². The Morgan fingerprint density at radius 2 is 2.24 bits per heavy atom. The number of halogens is 2. The molecule has 0 amide bonds. The zero-order valence-electron chi connectivity index (χ0n) is 11.4. The molecule has 1 aliphatic rings. The second-order valence-corrected chi connectivity index (χ2v) is 4.82. The standard InChI is InChI=1S/C14H17F2N3O2/c15-14(16)12-9-11(19(20)21)1-2-13(12)18-8-5-10-3-6-17-7-4-10/h1-3,9,14,17-18H,4-8H2. The molecule has 0 bridgehead atoms. The Bertz CT molecular complexity index is 547. The molecule has 1 aromatic carbocycles. The van der Waals surface area contributed by atoms with Crippen molar-refractivity contribution in [1.82, 2.24) is 5.32 Å². The molecule has 7 heteroatoms. The molecule has 0 aromatic heterocycles. The van der Waals surface area contributed by atoms with Gasteiger partial charge in [-0.2, -0.15) is 0 Å². The first-order valence-electron chi connectivity index (χ1n) is 6.77. The van der Waals surface area contributed by atoms with E-state index >= 15 is 0 Å². The summed E-state index contributed by atoms with van der Waals surface area (Å²) in [5.74, 6) is 0. The third kappa shape index (κ3) is 4.22. The molecule has 1 aliphatic heterocycles. The number of nitro groups is 1. The van der Waals surface area contributed by atoms with Crippen LogP contribution >= 0.6 is 0 Å². The van der Waals surface area contributed by atoms with Gasteiger partial charge >= 0.3 is 0 Å². The Hall–Kier alpha value is -2.02. The van der Waals surface area contributed by atoms with Crippen LogP contribution in [0.15, 0.2) is 29.8 Å². The van der Waals surface area contributed by atoms with Crippen molar-refractivity contribution >= 4 is 11.4 Å². The predicted molar refractivity (Wildman–Crippen MR) is 76.7 cm³/mol. The summed E-state index contributed by atoms with van der Waals surface area (Å²) in [4.78, 5) is 9.96. The summed E-state index contributed by atoms with van der Waals surface area (Å²) in [6, 6.07) is 3.51. The topological polar surface area (TPSA) is 67.2 Å². The van der Waals surface area contributed by atoms with Crippen LogP contribution in [0, 0.1) is 10.1 Å². The average Bonchev–Trinajstić information content (AvgIpc) is 2.48. The molecular formula is C14H17F2N3O2. The highest BCUT2D eigenvalue weighted by molar-refractivity contribution is 5.56. The normalized spacial score (nSPS) is 14.9. The first-order chi connectivity index (χ1) is 10.1. The Morgan fingerprint density at radius 1 is 1.43 bits per heavy atom. The highest BCUT2D eigenvalue weighted by atomic mass is 19.3. The highest BCUT2D eigenvalue weighted by Gasteiger charge is 2.17. The summed E-state index contributed by atoms with van der Waals surface area (Å²) in [6.07, 6.45) is 1.10. The average molecular weight is 297 g/mol. The number of hydrogen-bond acceptors (Lipinski definition) is 4. The van der Waals surface area contributed by atoms with Gasteiger partial charge in [-0.1, -0.05) is 11.6 Å². The van der Waals surface area contributed by atoms with Crippen molar-refractivity contribution in [1.29, 1.82) is 0 Å². The Kier molecular flexibility index (Phi) is 5.21. The lowest BCUT2D eigenvalue weighted by atomic mass is 10.1. The van der Waals surface area contributed by atoms with Gasteiger partial charge in [0.25, 0.3) is 12.1 Å². The van der Waals surface area contributed by atoms with E-state index in [0.717, 1.165) is 32.0 Å². The number of rotatable bonds is 6. The zero-order chi connectivity index (χ0) is 15.2. The lowest BCUT2D eigenvalue weighted by Gasteiger charge is -2.15. The molecular weight excluding hydrogens is 280 g/mol. The van der Waals surface area contributed by atoms with Crippen LogP contribution in [-0.4, -0.2) is 24.6 Å². The molecule has 0 radical (unpaired) electrons. The summed E-state index contributed by atoms with van der Waals surface area (Å²) in [5, 5.41) is 16.8. The lowest BCUT2D eigenvalue weighted by Crippen LogP contribution is -2.21. The van der Waals surface area contributed by atoms with Gasteiger partial charge in [-0.3, -0.25) is 10.1 Å². The smallest absolute Gasteiger partial charge is 0.270 e. The predicted octanol–water partition coefficient (Wildman–Crippen LogP) is 3.25. The molecule has 0 spiro atoms. The highest BCUT2D eigenvalue weighted by Crippen LogP contribution is 2.30. The molecule has 2 N–H and O–H groups in total. The summed E-state index contributed by atoms with van der Waals surface area (Å²) in [5.41, 5.74) is 0.896. The number of hydrogen-bond donors (Lipinski definition) is 2. The maximum absolute atomic E-state index is 13.0. The molecule has 114 valence electrons. The lowest BCUT2D eigenvalue weighted by molar-refractivity contribution is -0.385. The van der Waals surface area contributed by atoms with Gasteiger partial charge < -0.3 is 10.6 Å². The van der Waals surface area contributed by atoms with E-state index < -0.39 is 11.3 Å². The van der Waals surface area contributed by atoms with Gasteiger partial charge in [0.2, 0.25) is 0 Å². The van der Waals surface area contributed by atoms with E-state index in [1.807, 2.05) is 0 Å². The fourth-order valence-electron chi connectivity index (χ4n) is 2.26. The summed E-state index contributed by atoms with van der Waals surface area (Å²) >= 11 is 0. The van der Waals surface area contributed by atoms with Crippen molar-refractivity contribution in [3.8, 4) is 0 Å². The Morgan fingerprint density at radius 3 is 2.86 bits per heavy atom. The summed E-state index contributed by atoms with van der Waals surface area (Å²) in [7, 11) is 0. The van der Waals surface area contributed by atoms with E-state index in [2.05, 4.69) is 16.7 Å². The zero-order valence-corrected chi connectivity index (χ0v) is 11.4. The molecule has 1 heterocycles. The maximum Gasteiger partial charge on any atom is 0.270 e. The number of benzene rings is 1. The molecule has 1 aromatic rings. The van der Waals surface area contributed by atoms with Crippen molar-refractivity contribution in [2.45, 2.75) is 19.3 Å². The molecule has 2 rings (SSSR count). The van der Waals surface area contributed by atoms with E-state index in [1.165, 1.54) is 17.7 Å². The van der Waals surface area contributed by atoms with Crippen LogP contribution in [0.5, 0.6) is 0 Å². The van der Waals surface area contributed by atoms with E-state index in [1.54, 1.807) is 0 Å². The number of non-ortho nitro benzene ring substituents is 1.